The Morgan fingerprint density at radius 3 is 2.41 bits per heavy atom. The van der Waals surface area contributed by atoms with Crippen molar-refractivity contribution >= 4 is 5.69 Å². The van der Waals surface area contributed by atoms with E-state index in [0.29, 0.717) is 18.7 Å². The van der Waals surface area contributed by atoms with Crippen LogP contribution in [0.3, 0.4) is 0 Å². The van der Waals surface area contributed by atoms with E-state index in [2.05, 4.69) is 45.9 Å². The highest BCUT2D eigenvalue weighted by atomic mass is 16.3. The molecule has 3 aliphatic rings. The number of aliphatic hydroxyl groups is 1. The SMILES string of the molecule is Cc1ccccc1N1CCC(N2CCN(CC3CCCCC3)C(CCO)C2)CC1. The summed E-state index contributed by atoms with van der Waals surface area (Å²) in [4.78, 5) is 8.06. The molecule has 4 heteroatoms. The lowest BCUT2D eigenvalue weighted by molar-refractivity contribution is 0.0184. The maximum absolute atomic E-state index is 9.67. The Morgan fingerprint density at radius 1 is 0.931 bits per heavy atom. The van der Waals surface area contributed by atoms with Gasteiger partial charge in [-0.25, -0.2) is 0 Å². The van der Waals surface area contributed by atoms with Crippen LogP contribution >= 0.6 is 0 Å². The molecular formula is C25H41N3O. The zero-order valence-electron chi connectivity index (χ0n) is 18.4. The van der Waals surface area contributed by atoms with E-state index < -0.39 is 0 Å². The summed E-state index contributed by atoms with van der Waals surface area (Å²) in [5.74, 6) is 0.897. The zero-order chi connectivity index (χ0) is 20.1. The van der Waals surface area contributed by atoms with Crippen molar-refractivity contribution in [1.29, 1.82) is 0 Å². The largest absolute Gasteiger partial charge is 0.396 e. The van der Waals surface area contributed by atoms with Crippen molar-refractivity contribution in [1.82, 2.24) is 9.80 Å². The van der Waals surface area contributed by atoms with Crippen LogP contribution in [0.25, 0.3) is 0 Å². The predicted octanol–water partition coefficient (Wildman–Crippen LogP) is 3.91. The van der Waals surface area contributed by atoms with Gasteiger partial charge in [0.05, 0.1) is 0 Å². The Bertz CT molecular complexity index is 622. The van der Waals surface area contributed by atoms with E-state index in [1.165, 1.54) is 88.9 Å². The van der Waals surface area contributed by atoms with E-state index >= 15 is 0 Å². The van der Waals surface area contributed by atoms with Crippen LogP contribution < -0.4 is 4.90 Å². The van der Waals surface area contributed by atoms with E-state index in [1.54, 1.807) is 0 Å². The molecule has 4 nitrogen and oxygen atoms in total. The molecule has 1 aromatic carbocycles. The van der Waals surface area contributed by atoms with Crippen molar-refractivity contribution in [2.75, 3.05) is 50.8 Å². The number of anilines is 1. The van der Waals surface area contributed by atoms with Crippen molar-refractivity contribution in [3.05, 3.63) is 29.8 Å². The van der Waals surface area contributed by atoms with Crippen LogP contribution in [0.5, 0.6) is 0 Å². The first kappa shape index (κ1) is 21.1. The number of benzene rings is 1. The average Bonchev–Trinajstić information content (AvgIpc) is 2.76. The number of para-hydroxylation sites is 1. The topological polar surface area (TPSA) is 30.0 Å². The molecule has 2 aliphatic heterocycles. The summed E-state index contributed by atoms with van der Waals surface area (Å²) in [5, 5.41) is 9.67. The van der Waals surface area contributed by atoms with Crippen LogP contribution in [-0.2, 0) is 0 Å². The van der Waals surface area contributed by atoms with Crippen molar-refractivity contribution < 1.29 is 5.11 Å². The second-order valence-electron chi connectivity index (χ2n) is 9.66. The normalized spacial score (nSPS) is 26.1. The van der Waals surface area contributed by atoms with Crippen LogP contribution in [0.15, 0.2) is 24.3 Å². The van der Waals surface area contributed by atoms with Crippen LogP contribution in [0.2, 0.25) is 0 Å². The van der Waals surface area contributed by atoms with Crippen LogP contribution in [-0.4, -0.2) is 72.9 Å². The van der Waals surface area contributed by atoms with Crippen LogP contribution in [0.1, 0.15) is 56.9 Å². The van der Waals surface area contributed by atoms with Gasteiger partial charge in [0.15, 0.2) is 0 Å². The van der Waals surface area contributed by atoms with Gasteiger partial charge >= 0.3 is 0 Å². The minimum atomic E-state index is 0.325. The molecule has 1 atom stereocenters. The Labute approximate surface area is 177 Å². The second kappa shape index (κ2) is 10.3. The maximum atomic E-state index is 9.67. The molecule has 4 rings (SSSR count). The Balaban J connectivity index is 1.30. The molecule has 1 aromatic rings. The monoisotopic (exact) mass is 399 g/mol. The van der Waals surface area contributed by atoms with Crippen LogP contribution in [0, 0.1) is 12.8 Å². The lowest BCUT2D eigenvalue weighted by Crippen LogP contribution is -2.58. The molecule has 1 saturated carbocycles. The van der Waals surface area contributed by atoms with Gasteiger partial charge in [-0.2, -0.15) is 0 Å². The molecule has 29 heavy (non-hydrogen) atoms. The number of aliphatic hydroxyl groups excluding tert-OH is 1. The number of hydrogen-bond acceptors (Lipinski definition) is 4. The van der Waals surface area contributed by atoms with Gasteiger partial charge in [-0.3, -0.25) is 9.80 Å². The summed E-state index contributed by atoms with van der Waals surface area (Å²) < 4.78 is 0. The molecule has 1 N–H and O–H groups in total. The number of nitrogens with zero attached hydrogens (tertiary/aromatic N) is 3. The molecule has 2 heterocycles. The molecule has 1 unspecified atom stereocenters. The van der Waals surface area contributed by atoms with Gasteiger partial charge in [0.1, 0.15) is 0 Å². The van der Waals surface area contributed by atoms with Gasteiger partial charge in [-0.05, 0) is 56.6 Å². The average molecular weight is 400 g/mol. The maximum Gasteiger partial charge on any atom is 0.0446 e. The first-order valence-electron chi connectivity index (χ1n) is 12.1. The highest BCUT2D eigenvalue weighted by molar-refractivity contribution is 5.53. The van der Waals surface area contributed by atoms with E-state index in [9.17, 15) is 5.11 Å². The molecule has 2 saturated heterocycles. The summed E-state index contributed by atoms with van der Waals surface area (Å²) in [6.07, 6.45) is 10.6. The van der Waals surface area contributed by atoms with Crippen molar-refractivity contribution in [3.8, 4) is 0 Å². The van der Waals surface area contributed by atoms with Gasteiger partial charge in [-0.15, -0.1) is 0 Å². The fourth-order valence-corrected chi connectivity index (χ4v) is 6.00. The lowest BCUT2D eigenvalue weighted by atomic mass is 9.88. The number of piperazine rings is 1. The van der Waals surface area contributed by atoms with Crippen molar-refractivity contribution in [3.63, 3.8) is 0 Å². The summed E-state index contributed by atoms with van der Waals surface area (Å²) in [6.45, 7) is 9.72. The summed E-state index contributed by atoms with van der Waals surface area (Å²) in [7, 11) is 0. The Kier molecular flexibility index (Phi) is 7.49. The third-order valence-electron chi connectivity index (χ3n) is 7.75. The quantitative estimate of drug-likeness (QED) is 0.785. The lowest BCUT2D eigenvalue weighted by Gasteiger charge is -2.47. The number of piperidine rings is 1. The van der Waals surface area contributed by atoms with Crippen molar-refractivity contribution in [2.24, 2.45) is 5.92 Å². The molecule has 3 fully saturated rings. The molecule has 0 amide bonds. The molecular weight excluding hydrogens is 358 g/mol. The number of rotatable bonds is 6. The smallest absolute Gasteiger partial charge is 0.0446 e. The molecule has 0 radical (unpaired) electrons. The van der Waals surface area contributed by atoms with Gasteiger partial charge in [0.25, 0.3) is 0 Å². The minimum absolute atomic E-state index is 0.325. The number of hydrogen-bond donors (Lipinski definition) is 1. The fraction of sp³-hybridized carbons (Fsp3) is 0.760. The highest BCUT2D eigenvalue weighted by Gasteiger charge is 2.33. The first-order chi connectivity index (χ1) is 14.2. The Hall–Kier alpha value is -1.10. The first-order valence-corrected chi connectivity index (χ1v) is 12.1. The van der Waals surface area contributed by atoms with E-state index in [4.69, 9.17) is 0 Å². The Morgan fingerprint density at radius 2 is 1.69 bits per heavy atom. The summed E-state index contributed by atoms with van der Waals surface area (Å²) in [6, 6.07) is 10.1. The number of aryl methyl sites for hydroxylation is 1. The van der Waals surface area contributed by atoms with E-state index in [0.717, 1.165) is 18.9 Å². The fourth-order valence-electron chi connectivity index (χ4n) is 6.00. The zero-order valence-corrected chi connectivity index (χ0v) is 18.4. The van der Waals surface area contributed by atoms with Crippen LogP contribution in [0.4, 0.5) is 5.69 Å². The van der Waals surface area contributed by atoms with Gasteiger partial charge in [0, 0.05) is 63.6 Å². The molecule has 0 bridgehead atoms. The standard InChI is InChI=1S/C25H41N3O/c1-21-7-5-6-10-25(21)26-14-11-23(12-15-26)28-17-16-27(24(20-28)13-18-29)19-22-8-3-2-4-9-22/h5-7,10,22-24,29H,2-4,8-9,11-20H2,1H3. The highest BCUT2D eigenvalue weighted by Crippen LogP contribution is 2.29. The molecule has 0 spiro atoms. The second-order valence-corrected chi connectivity index (χ2v) is 9.66. The molecule has 0 aromatic heterocycles. The van der Waals surface area contributed by atoms with Crippen molar-refractivity contribution in [2.45, 2.75) is 70.4 Å². The summed E-state index contributed by atoms with van der Waals surface area (Å²) in [5.41, 5.74) is 2.81. The minimum Gasteiger partial charge on any atom is -0.396 e. The molecule has 162 valence electrons. The van der Waals surface area contributed by atoms with Gasteiger partial charge in [-0.1, -0.05) is 37.5 Å². The summed E-state index contributed by atoms with van der Waals surface area (Å²) >= 11 is 0. The van der Waals surface area contributed by atoms with E-state index in [1.807, 2.05) is 0 Å². The van der Waals surface area contributed by atoms with Gasteiger partial charge in [0.2, 0.25) is 0 Å². The van der Waals surface area contributed by atoms with E-state index in [-0.39, 0.29) is 0 Å². The third kappa shape index (κ3) is 5.34. The predicted molar refractivity (Wildman–Crippen MR) is 122 cm³/mol. The third-order valence-corrected chi connectivity index (χ3v) is 7.75. The van der Waals surface area contributed by atoms with Gasteiger partial charge < -0.3 is 10.0 Å². The molecule has 1 aliphatic carbocycles.